The molecule has 1 atom stereocenters. The number of carbonyl (C=O) groups excluding carboxylic acids is 2. The molecule has 1 aliphatic rings. The lowest BCUT2D eigenvalue weighted by Gasteiger charge is -2.23. The minimum atomic E-state index is -0.455. The Morgan fingerprint density at radius 2 is 2.00 bits per heavy atom. The van der Waals surface area contributed by atoms with Crippen molar-refractivity contribution >= 4 is 46.2 Å². The van der Waals surface area contributed by atoms with E-state index in [4.69, 9.17) is 0 Å². The van der Waals surface area contributed by atoms with Crippen molar-refractivity contribution in [1.82, 2.24) is 15.2 Å². The summed E-state index contributed by atoms with van der Waals surface area (Å²) in [4.78, 5) is 33.2. The molecule has 150 valence electrons. The van der Waals surface area contributed by atoms with E-state index in [1.807, 2.05) is 54.9 Å². The topological polar surface area (TPSA) is 62.3 Å². The van der Waals surface area contributed by atoms with Gasteiger partial charge in [-0.3, -0.25) is 9.59 Å². The van der Waals surface area contributed by atoms with Crippen molar-refractivity contribution in [2.45, 2.75) is 26.4 Å². The molecule has 1 saturated heterocycles. The van der Waals surface area contributed by atoms with E-state index in [1.54, 1.807) is 39.3 Å². The van der Waals surface area contributed by atoms with Gasteiger partial charge in [0.25, 0.3) is 5.91 Å². The van der Waals surface area contributed by atoms with Crippen LogP contribution in [-0.2, 0) is 11.3 Å². The molecule has 0 spiro atoms. The maximum absolute atomic E-state index is 13.0. The quantitative estimate of drug-likeness (QED) is 0.638. The normalized spacial score (nSPS) is 16.2. The first-order valence-corrected chi connectivity index (χ1v) is 12.2. The fourth-order valence-electron chi connectivity index (χ4n) is 3.32. The van der Waals surface area contributed by atoms with E-state index in [2.05, 4.69) is 10.3 Å². The highest BCUT2D eigenvalue weighted by Crippen LogP contribution is 2.28. The number of aryl methyl sites for hydroxylation is 2. The molecule has 5 nitrogen and oxygen atoms in total. The van der Waals surface area contributed by atoms with Crippen LogP contribution < -0.4 is 5.32 Å². The average Bonchev–Trinajstić information content (AvgIpc) is 3.45. The second-order valence-corrected chi connectivity index (χ2v) is 9.81. The van der Waals surface area contributed by atoms with Crippen molar-refractivity contribution < 1.29 is 9.59 Å². The van der Waals surface area contributed by atoms with E-state index in [9.17, 15) is 9.59 Å². The molecule has 3 heterocycles. The van der Waals surface area contributed by atoms with Crippen LogP contribution in [0.3, 0.4) is 0 Å². The number of thiazole rings is 1. The number of benzene rings is 1. The molecule has 0 aliphatic carbocycles. The number of thiophene rings is 1. The van der Waals surface area contributed by atoms with Gasteiger partial charge in [-0.05, 0) is 37.4 Å². The monoisotopic (exact) mass is 443 g/mol. The second-order valence-electron chi connectivity index (χ2n) is 7.01. The third-order valence-electron chi connectivity index (χ3n) is 4.64. The molecule has 2 aromatic heterocycles. The van der Waals surface area contributed by atoms with Gasteiger partial charge in [-0.2, -0.15) is 0 Å². The number of rotatable bonds is 5. The lowest BCUT2D eigenvalue weighted by Crippen LogP contribution is -2.47. The number of hydrogen-bond donors (Lipinski definition) is 1. The van der Waals surface area contributed by atoms with Gasteiger partial charge in [0.1, 0.15) is 11.0 Å². The van der Waals surface area contributed by atoms with Crippen molar-refractivity contribution in [3.05, 3.63) is 63.5 Å². The Morgan fingerprint density at radius 3 is 2.72 bits per heavy atom. The van der Waals surface area contributed by atoms with Crippen LogP contribution in [-0.4, -0.2) is 39.4 Å². The van der Waals surface area contributed by atoms with Crippen molar-refractivity contribution in [2.24, 2.45) is 0 Å². The van der Waals surface area contributed by atoms with Crippen LogP contribution in [0.4, 0.5) is 0 Å². The first-order chi connectivity index (χ1) is 14.0. The Morgan fingerprint density at radius 1 is 1.21 bits per heavy atom. The number of amides is 2. The molecule has 2 amide bonds. The van der Waals surface area contributed by atoms with E-state index >= 15 is 0 Å². The van der Waals surface area contributed by atoms with E-state index < -0.39 is 6.04 Å². The Hall–Kier alpha value is -2.16. The second kappa shape index (κ2) is 8.69. The number of carbonyl (C=O) groups is 2. The lowest BCUT2D eigenvalue weighted by molar-refractivity contribution is -0.124. The van der Waals surface area contributed by atoms with Gasteiger partial charge in [0.15, 0.2) is 0 Å². The maximum atomic E-state index is 13.0. The summed E-state index contributed by atoms with van der Waals surface area (Å²) in [6.45, 7) is 4.32. The standard InChI is InChI=1S/C21H21N3O2S3/c1-13-6-14(2)8-15(7-13)21(26)24-12-27-11-17(24)19(25)22-9-16-10-29-20(23-16)18-4-3-5-28-18/h3-8,10,17H,9,11-12H2,1-2H3,(H,22,25)/t17-/m1/s1. The highest BCUT2D eigenvalue weighted by atomic mass is 32.2. The zero-order chi connectivity index (χ0) is 20.4. The van der Waals surface area contributed by atoms with Crippen molar-refractivity contribution in [3.8, 4) is 9.88 Å². The number of thioether (sulfide) groups is 1. The molecule has 0 bridgehead atoms. The fourth-order valence-corrected chi connectivity index (χ4v) is 6.11. The van der Waals surface area contributed by atoms with E-state index in [-0.39, 0.29) is 11.8 Å². The molecule has 1 fully saturated rings. The Balaban J connectivity index is 1.40. The Labute approximate surface area is 182 Å². The first kappa shape index (κ1) is 20.1. The highest BCUT2D eigenvalue weighted by Gasteiger charge is 2.35. The Kier molecular flexibility index (Phi) is 6.03. The van der Waals surface area contributed by atoms with Crippen molar-refractivity contribution in [3.63, 3.8) is 0 Å². The zero-order valence-corrected chi connectivity index (χ0v) is 18.6. The van der Waals surface area contributed by atoms with Crippen molar-refractivity contribution in [1.29, 1.82) is 0 Å². The summed E-state index contributed by atoms with van der Waals surface area (Å²) < 4.78 is 0. The molecule has 0 saturated carbocycles. The lowest BCUT2D eigenvalue weighted by atomic mass is 10.1. The first-order valence-electron chi connectivity index (χ1n) is 9.24. The van der Waals surface area contributed by atoms with Crippen LogP contribution in [0.1, 0.15) is 27.2 Å². The van der Waals surface area contributed by atoms with Gasteiger partial charge < -0.3 is 10.2 Å². The summed E-state index contributed by atoms with van der Waals surface area (Å²) in [5, 5.41) is 7.92. The van der Waals surface area contributed by atoms with Gasteiger partial charge in [0.2, 0.25) is 5.91 Å². The third kappa shape index (κ3) is 4.55. The van der Waals surface area contributed by atoms with Crippen LogP contribution >= 0.6 is 34.4 Å². The summed E-state index contributed by atoms with van der Waals surface area (Å²) in [6, 6.07) is 9.39. The van der Waals surface area contributed by atoms with Gasteiger partial charge in [-0.15, -0.1) is 34.4 Å². The summed E-state index contributed by atoms with van der Waals surface area (Å²) in [5.74, 6) is 0.928. The summed E-state index contributed by atoms with van der Waals surface area (Å²) in [6.07, 6.45) is 0. The van der Waals surface area contributed by atoms with Crippen LogP contribution in [0.25, 0.3) is 9.88 Å². The molecule has 1 aromatic carbocycles. The van der Waals surface area contributed by atoms with E-state index in [1.165, 1.54) is 0 Å². The minimum absolute atomic E-state index is 0.0874. The molecule has 1 N–H and O–H groups in total. The van der Waals surface area contributed by atoms with Gasteiger partial charge in [0.05, 0.1) is 23.0 Å². The SMILES string of the molecule is Cc1cc(C)cc(C(=O)N2CSC[C@@H]2C(=O)NCc2csc(-c3cccs3)n2)c1. The van der Waals surface area contributed by atoms with Gasteiger partial charge >= 0.3 is 0 Å². The summed E-state index contributed by atoms with van der Waals surface area (Å²) in [5.41, 5.74) is 3.57. The average molecular weight is 444 g/mol. The molecule has 1 aliphatic heterocycles. The predicted molar refractivity (Wildman–Crippen MR) is 120 cm³/mol. The molecule has 0 radical (unpaired) electrons. The number of nitrogens with zero attached hydrogens (tertiary/aromatic N) is 2. The molecule has 3 aromatic rings. The van der Waals surface area contributed by atoms with Crippen molar-refractivity contribution in [2.75, 3.05) is 11.6 Å². The summed E-state index contributed by atoms with van der Waals surface area (Å²) >= 11 is 4.83. The van der Waals surface area contributed by atoms with Gasteiger partial charge in [-0.1, -0.05) is 23.3 Å². The Bertz CT molecular complexity index is 1010. The van der Waals surface area contributed by atoms with Gasteiger partial charge in [0, 0.05) is 16.7 Å². The number of nitrogens with one attached hydrogen (secondary N) is 1. The fraction of sp³-hybridized carbons (Fsp3) is 0.286. The van der Waals surface area contributed by atoms with Crippen LogP contribution in [0.15, 0.2) is 41.1 Å². The highest BCUT2D eigenvalue weighted by molar-refractivity contribution is 7.99. The predicted octanol–water partition coefficient (Wildman–Crippen LogP) is 4.32. The minimum Gasteiger partial charge on any atom is -0.349 e. The van der Waals surface area contributed by atoms with E-state index in [0.717, 1.165) is 26.7 Å². The largest absolute Gasteiger partial charge is 0.349 e. The number of aromatic nitrogens is 1. The zero-order valence-electron chi connectivity index (χ0n) is 16.2. The molecular weight excluding hydrogens is 422 g/mol. The van der Waals surface area contributed by atoms with Crippen LogP contribution in [0, 0.1) is 13.8 Å². The van der Waals surface area contributed by atoms with E-state index in [0.29, 0.717) is 23.7 Å². The molecular formula is C21H21N3O2S3. The molecule has 8 heteroatoms. The van der Waals surface area contributed by atoms with Crippen LogP contribution in [0.2, 0.25) is 0 Å². The third-order valence-corrected chi connectivity index (χ3v) is 7.58. The summed E-state index contributed by atoms with van der Waals surface area (Å²) in [7, 11) is 0. The van der Waals surface area contributed by atoms with Crippen LogP contribution in [0.5, 0.6) is 0 Å². The molecule has 0 unspecified atom stereocenters. The maximum Gasteiger partial charge on any atom is 0.255 e. The smallest absolute Gasteiger partial charge is 0.255 e. The molecule has 29 heavy (non-hydrogen) atoms. The number of hydrogen-bond acceptors (Lipinski definition) is 6. The van der Waals surface area contributed by atoms with Gasteiger partial charge in [-0.25, -0.2) is 4.98 Å². The molecule has 4 rings (SSSR count).